The summed E-state index contributed by atoms with van der Waals surface area (Å²) in [6, 6.07) is 16.9. The second-order valence-corrected chi connectivity index (χ2v) is 8.75. The second-order valence-electron chi connectivity index (χ2n) is 8.75. The molecule has 34 heavy (non-hydrogen) atoms. The van der Waals surface area contributed by atoms with E-state index in [2.05, 4.69) is 44.8 Å². The minimum Gasteiger partial charge on any atom is -0.497 e. The lowest BCUT2D eigenvalue weighted by Crippen LogP contribution is -2.51. The molecule has 4 rings (SSSR count). The summed E-state index contributed by atoms with van der Waals surface area (Å²) in [6.07, 6.45) is 3.56. The highest BCUT2D eigenvalue weighted by Crippen LogP contribution is 2.24. The van der Waals surface area contributed by atoms with Crippen LogP contribution in [0.25, 0.3) is 0 Å². The Labute approximate surface area is 220 Å². The van der Waals surface area contributed by atoms with Gasteiger partial charge in [0, 0.05) is 64.0 Å². The number of nitrogens with one attached hydrogen (secondary N) is 2. The Kier molecular flexibility index (Phi) is 9.86. The van der Waals surface area contributed by atoms with Gasteiger partial charge in [0.25, 0.3) is 0 Å². The zero-order chi connectivity index (χ0) is 23.0. The molecule has 2 heterocycles. The molecule has 2 aromatic carbocycles. The highest BCUT2D eigenvalue weighted by atomic mass is 127. The van der Waals surface area contributed by atoms with E-state index in [0.717, 1.165) is 63.7 Å². The summed E-state index contributed by atoms with van der Waals surface area (Å²) in [7, 11) is 3.50. The standard InChI is InChI=1S/C26H35N5O2.HI/c1-27-26(28-14-6-13-25(32)31-17-20-8-3-4-9-21(20)18-31)29-22-10-7-15-30(19-22)23-11-5-12-24(16-23)33-2;/h3-5,8-9,11-12,16,22H,6-7,10,13-15,17-19H2,1-2H3,(H2,27,28,29);1H. The molecule has 0 aliphatic carbocycles. The lowest BCUT2D eigenvalue weighted by molar-refractivity contribution is -0.131. The van der Waals surface area contributed by atoms with Gasteiger partial charge in [0.15, 0.2) is 5.96 Å². The number of aliphatic imine (C=N–C) groups is 1. The number of carbonyl (C=O) groups is 1. The molecular weight excluding hydrogens is 541 g/mol. The first-order valence-corrected chi connectivity index (χ1v) is 11.9. The fourth-order valence-electron chi connectivity index (χ4n) is 4.64. The number of halogens is 1. The number of fused-ring (bicyclic) bond motifs is 1. The van der Waals surface area contributed by atoms with Crippen LogP contribution in [-0.4, -0.2) is 56.6 Å². The largest absolute Gasteiger partial charge is 0.497 e. The van der Waals surface area contributed by atoms with Gasteiger partial charge < -0.3 is 25.2 Å². The van der Waals surface area contributed by atoms with Crippen molar-refractivity contribution in [3.8, 4) is 5.75 Å². The monoisotopic (exact) mass is 577 g/mol. The number of nitrogens with zero attached hydrogens (tertiary/aromatic N) is 3. The highest BCUT2D eigenvalue weighted by Gasteiger charge is 2.23. The molecule has 2 aliphatic rings. The van der Waals surface area contributed by atoms with Crippen molar-refractivity contribution in [2.45, 2.75) is 44.8 Å². The molecule has 0 spiro atoms. The van der Waals surface area contributed by atoms with E-state index >= 15 is 0 Å². The number of amides is 1. The van der Waals surface area contributed by atoms with Gasteiger partial charge in [-0.2, -0.15) is 0 Å². The van der Waals surface area contributed by atoms with E-state index < -0.39 is 0 Å². The second kappa shape index (κ2) is 12.8. The maximum Gasteiger partial charge on any atom is 0.223 e. The molecule has 1 atom stereocenters. The average Bonchev–Trinajstić information content (AvgIpc) is 3.30. The van der Waals surface area contributed by atoms with E-state index in [9.17, 15) is 4.79 Å². The van der Waals surface area contributed by atoms with Crippen LogP contribution in [0.3, 0.4) is 0 Å². The van der Waals surface area contributed by atoms with Crippen LogP contribution in [0, 0.1) is 0 Å². The Hall–Kier alpha value is -2.49. The maximum absolute atomic E-state index is 12.6. The normalized spacial score (nSPS) is 17.6. The molecule has 0 bridgehead atoms. The first-order valence-electron chi connectivity index (χ1n) is 11.9. The average molecular weight is 578 g/mol. The molecule has 2 N–H and O–H groups in total. The molecule has 1 fully saturated rings. The predicted octanol–water partition coefficient (Wildman–Crippen LogP) is 3.77. The summed E-state index contributed by atoms with van der Waals surface area (Å²) < 4.78 is 5.38. The first-order chi connectivity index (χ1) is 16.2. The van der Waals surface area contributed by atoms with Crippen molar-refractivity contribution in [2.24, 2.45) is 4.99 Å². The summed E-state index contributed by atoms with van der Waals surface area (Å²) in [5, 5.41) is 6.94. The minimum atomic E-state index is 0. The SMILES string of the molecule is CN=C(NCCCC(=O)N1Cc2ccccc2C1)NC1CCCN(c2cccc(OC)c2)C1.I. The van der Waals surface area contributed by atoms with Crippen LogP contribution in [0.2, 0.25) is 0 Å². The third-order valence-corrected chi connectivity index (χ3v) is 6.46. The molecule has 0 radical (unpaired) electrons. The molecule has 1 unspecified atom stereocenters. The number of piperidine rings is 1. The Morgan fingerprint density at radius 3 is 2.62 bits per heavy atom. The van der Waals surface area contributed by atoms with Gasteiger partial charge in [-0.15, -0.1) is 24.0 Å². The molecule has 184 valence electrons. The van der Waals surface area contributed by atoms with Crippen molar-refractivity contribution >= 4 is 41.5 Å². The smallest absolute Gasteiger partial charge is 0.223 e. The molecule has 1 amide bonds. The van der Waals surface area contributed by atoms with Gasteiger partial charge >= 0.3 is 0 Å². The Morgan fingerprint density at radius 1 is 1.15 bits per heavy atom. The highest BCUT2D eigenvalue weighted by molar-refractivity contribution is 14.0. The van der Waals surface area contributed by atoms with Crippen LogP contribution in [0.4, 0.5) is 5.69 Å². The molecular formula is C26H36IN5O2. The molecule has 0 saturated carbocycles. The van der Waals surface area contributed by atoms with Gasteiger partial charge in [0.2, 0.25) is 5.91 Å². The summed E-state index contributed by atoms with van der Waals surface area (Å²) in [4.78, 5) is 21.3. The van der Waals surface area contributed by atoms with Gasteiger partial charge in [0.1, 0.15) is 5.75 Å². The molecule has 7 nitrogen and oxygen atoms in total. The van der Waals surface area contributed by atoms with Crippen molar-refractivity contribution in [1.82, 2.24) is 15.5 Å². The zero-order valence-corrected chi connectivity index (χ0v) is 22.5. The van der Waals surface area contributed by atoms with Crippen molar-refractivity contribution in [2.75, 3.05) is 38.7 Å². The third kappa shape index (κ3) is 6.77. The van der Waals surface area contributed by atoms with E-state index in [1.807, 2.05) is 29.2 Å². The number of hydrogen-bond acceptors (Lipinski definition) is 4. The molecule has 0 aromatic heterocycles. The number of guanidine groups is 1. The van der Waals surface area contributed by atoms with Crippen molar-refractivity contribution in [3.05, 3.63) is 59.7 Å². The Morgan fingerprint density at radius 2 is 1.91 bits per heavy atom. The molecule has 2 aromatic rings. The lowest BCUT2D eigenvalue weighted by Gasteiger charge is -2.35. The van der Waals surface area contributed by atoms with Gasteiger partial charge in [-0.25, -0.2) is 0 Å². The quantitative estimate of drug-likeness (QED) is 0.227. The summed E-state index contributed by atoms with van der Waals surface area (Å²) in [5.74, 6) is 1.90. The zero-order valence-electron chi connectivity index (χ0n) is 20.1. The maximum atomic E-state index is 12.6. The van der Waals surface area contributed by atoms with Gasteiger partial charge in [-0.3, -0.25) is 9.79 Å². The predicted molar refractivity (Wildman–Crippen MR) is 148 cm³/mol. The summed E-state index contributed by atoms with van der Waals surface area (Å²) in [5.41, 5.74) is 3.72. The van der Waals surface area contributed by atoms with Gasteiger partial charge in [-0.1, -0.05) is 30.3 Å². The van der Waals surface area contributed by atoms with Crippen LogP contribution in [0.5, 0.6) is 5.75 Å². The Balaban J connectivity index is 0.00000324. The van der Waals surface area contributed by atoms with E-state index in [-0.39, 0.29) is 29.9 Å². The van der Waals surface area contributed by atoms with Crippen LogP contribution in [0.15, 0.2) is 53.5 Å². The number of methoxy groups -OCH3 is 1. The van der Waals surface area contributed by atoms with Crippen molar-refractivity contribution in [3.63, 3.8) is 0 Å². The van der Waals surface area contributed by atoms with E-state index in [1.165, 1.54) is 16.8 Å². The summed E-state index contributed by atoms with van der Waals surface area (Å²) >= 11 is 0. The summed E-state index contributed by atoms with van der Waals surface area (Å²) in [6.45, 7) is 4.15. The van der Waals surface area contributed by atoms with Crippen molar-refractivity contribution < 1.29 is 9.53 Å². The minimum absolute atomic E-state index is 0. The number of rotatable bonds is 7. The van der Waals surface area contributed by atoms with E-state index in [4.69, 9.17) is 4.74 Å². The number of hydrogen-bond donors (Lipinski definition) is 2. The molecule has 8 heteroatoms. The van der Waals surface area contributed by atoms with Crippen LogP contribution in [-0.2, 0) is 17.9 Å². The number of anilines is 1. The first kappa shape index (κ1) is 26.1. The van der Waals surface area contributed by atoms with E-state index in [1.54, 1.807) is 14.2 Å². The molecule has 2 aliphatic heterocycles. The fourth-order valence-corrected chi connectivity index (χ4v) is 4.64. The lowest BCUT2D eigenvalue weighted by atomic mass is 10.0. The Bertz CT molecular complexity index is 958. The fraction of sp³-hybridized carbons (Fsp3) is 0.462. The van der Waals surface area contributed by atoms with Gasteiger partial charge in [-0.05, 0) is 42.5 Å². The van der Waals surface area contributed by atoms with Crippen LogP contribution in [0.1, 0.15) is 36.8 Å². The number of benzene rings is 2. The number of carbonyl (C=O) groups excluding carboxylic acids is 1. The van der Waals surface area contributed by atoms with E-state index in [0.29, 0.717) is 12.5 Å². The third-order valence-electron chi connectivity index (χ3n) is 6.46. The van der Waals surface area contributed by atoms with Crippen LogP contribution < -0.4 is 20.3 Å². The topological polar surface area (TPSA) is 69.2 Å². The van der Waals surface area contributed by atoms with Crippen LogP contribution >= 0.6 is 24.0 Å². The van der Waals surface area contributed by atoms with Gasteiger partial charge in [0.05, 0.1) is 7.11 Å². The molecule has 1 saturated heterocycles. The number of ether oxygens (including phenoxy) is 1. The van der Waals surface area contributed by atoms with Crippen molar-refractivity contribution in [1.29, 1.82) is 0 Å².